The van der Waals surface area contributed by atoms with E-state index in [4.69, 9.17) is 0 Å². The summed E-state index contributed by atoms with van der Waals surface area (Å²) in [5.74, 6) is 0. The smallest absolute Gasteiger partial charge is 0.693 e. The molecule has 0 atom stereocenters. The van der Waals surface area contributed by atoms with Crippen molar-refractivity contribution in [2.45, 2.75) is 0 Å². The first kappa shape index (κ1) is 24.0. The van der Waals surface area contributed by atoms with Gasteiger partial charge in [0.2, 0.25) is 0 Å². The van der Waals surface area contributed by atoms with Crippen LogP contribution in [0.3, 0.4) is 0 Å². The van der Waals surface area contributed by atoms with Gasteiger partial charge in [-0.2, -0.15) is 0 Å². The van der Waals surface area contributed by atoms with Gasteiger partial charge in [0.15, 0.2) is 0 Å². The van der Waals surface area contributed by atoms with E-state index in [0.29, 0.717) is 5.57 Å². The Morgan fingerprint density at radius 3 is 1.29 bits per heavy atom. The van der Waals surface area contributed by atoms with E-state index in [1.54, 1.807) is 0 Å². The van der Waals surface area contributed by atoms with E-state index in [0.717, 1.165) is 0 Å². The minimum absolute atomic E-state index is 0. The Morgan fingerprint density at radius 2 is 1.29 bits per heavy atom. The van der Waals surface area contributed by atoms with Crippen LogP contribution in [0.15, 0.2) is 12.2 Å². The Bertz CT molecular complexity index is 34.7. The van der Waals surface area contributed by atoms with Gasteiger partial charge >= 0.3 is 21.1 Å². The molecule has 0 bridgehead atoms. The van der Waals surface area contributed by atoms with Crippen molar-refractivity contribution in [3.8, 4) is 0 Å². The maximum absolute atomic E-state index is 3.33. The van der Waals surface area contributed by atoms with Gasteiger partial charge in [0, 0.05) is 32.7 Å². The summed E-state index contributed by atoms with van der Waals surface area (Å²) >= 11 is 0. The molecule has 1 radical (unpaired) electrons. The van der Waals surface area contributed by atoms with Crippen molar-refractivity contribution in [2.24, 2.45) is 0 Å². The molecule has 0 aliphatic heterocycles. The first-order valence-corrected chi connectivity index (χ1v) is 1.06. The fourth-order valence-corrected chi connectivity index (χ4v) is 0. The summed E-state index contributed by atoms with van der Waals surface area (Å²) in [7, 11) is 0. The summed E-state index contributed by atoms with van der Waals surface area (Å²) in [5, 5.41) is 0. The first-order chi connectivity index (χ1) is 1.73. The van der Waals surface area contributed by atoms with E-state index in [9.17, 15) is 0 Å². The van der Waals surface area contributed by atoms with Crippen LogP contribution < -0.4 is 0 Å². The molecular formula is C4H8NWY-. The van der Waals surface area contributed by atoms with Crippen molar-refractivity contribution >= 4 is 0 Å². The van der Waals surface area contributed by atoms with E-state index < -0.39 is 0 Å². The zero-order valence-corrected chi connectivity index (χ0v) is 9.96. The maximum Gasteiger partial charge on any atom is 2.00 e. The molecule has 0 spiro atoms. The van der Waals surface area contributed by atoms with Crippen LogP contribution >= 0.6 is 0 Å². The molecule has 2 N–H and O–H groups in total. The van der Waals surface area contributed by atoms with Crippen LogP contribution in [0.25, 0.3) is 6.15 Å². The molecule has 0 rings (SSSR count). The molecule has 1 nitrogen and oxygen atoms in total. The quantitative estimate of drug-likeness (QED) is 0.603. The molecule has 0 amide bonds. The Morgan fingerprint density at radius 1 is 1.29 bits per heavy atom. The molecule has 7 heavy (non-hydrogen) atoms. The van der Waals surface area contributed by atoms with E-state index >= 15 is 0 Å². The monoisotopic (exact) mass is 343 g/mol. The summed E-state index contributed by atoms with van der Waals surface area (Å²) in [6.07, 6.45) is 0. The molecule has 0 aliphatic carbocycles. The second-order valence-electron chi connectivity index (χ2n) is 0.750. The van der Waals surface area contributed by atoms with Crippen LogP contribution in [0.2, 0.25) is 0 Å². The Balaban J connectivity index is -0.0000000150. The molecule has 0 heterocycles. The van der Waals surface area contributed by atoms with E-state index in [1.807, 2.05) is 0 Å². The predicted molar refractivity (Wildman–Crippen MR) is 25.1 cm³/mol. The molecule has 0 saturated carbocycles. The average Bonchev–Trinajstić information content (AvgIpc) is 0.811. The van der Waals surface area contributed by atoms with Crippen molar-refractivity contribution in [3.05, 3.63) is 32.2 Å². The maximum atomic E-state index is 3.33. The summed E-state index contributed by atoms with van der Waals surface area (Å²) in [5.41, 5.74) is 0.667. The van der Waals surface area contributed by atoms with Crippen molar-refractivity contribution in [2.75, 3.05) is 0 Å². The molecule has 0 aromatic rings. The zero-order chi connectivity index (χ0) is 3.58. The Hall–Kier alpha value is 1.23. The Kier molecular flexibility index (Phi) is 53.9. The van der Waals surface area contributed by atoms with Gasteiger partial charge in [0.1, 0.15) is 0 Å². The van der Waals surface area contributed by atoms with E-state index in [-0.39, 0.29) is 59.9 Å². The van der Waals surface area contributed by atoms with Crippen LogP contribution in [-0.4, -0.2) is 0 Å². The summed E-state index contributed by atoms with van der Waals surface area (Å²) < 4.78 is 0. The molecule has 0 unspecified atom stereocenters. The van der Waals surface area contributed by atoms with Gasteiger partial charge in [-0.3, -0.25) is 0 Å². The van der Waals surface area contributed by atoms with Gasteiger partial charge in [-0.1, -0.05) is 0 Å². The van der Waals surface area contributed by atoms with E-state index in [2.05, 4.69) is 20.4 Å². The largest absolute Gasteiger partial charge is 2.00 e. The van der Waals surface area contributed by atoms with Crippen LogP contribution in [0.4, 0.5) is 0 Å². The normalized spacial score (nSPS) is 3.43. The first-order valence-electron chi connectivity index (χ1n) is 1.06. The van der Waals surface area contributed by atoms with Crippen molar-refractivity contribution in [1.29, 1.82) is 0 Å². The molecule has 3 heteroatoms. The third kappa shape index (κ3) is 130. The molecule has 39 valence electrons. The number of nitrogens with two attached hydrogens (primary N) is 1. The van der Waals surface area contributed by atoms with Gasteiger partial charge in [-0.05, 0) is 0 Å². The molecule has 0 fully saturated rings. The van der Waals surface area contributed by atoms with E-state index in [1.165, 1.54) is 0 Å². The number of rotatable bonds is 0. The topological polar surface area (TPSA) is 33.5 Å². The van der Waals surface area contributed by atoms with Gasteiger partial charge in [-0.15, -0.1) is 0 Å². The molecule has 0 saturated heterocycles. The second kappa shape index (κ2) is 15.7. The molecular weight excluding hydrogens is 335 g/mol. The summed E-state index contributed by atoms with van der Waals surface area (Å²) in [6.45, 7) is 10.0. The van der Waals surface area contributed by atoms with Crippen LogP contribution in [0, 0.1) is 13.8 Å². The molecule has 0 aromatic heterocycles. The van der Waals surface area contributed by atoms with Crippen LogP contribution in [0.5, 0.6) is 0 Å². The van der Waals surface area contributed by atoms with Crippen molar-refractivity contribution in [1.82, 2.24) is 0 Å². The van der Waals surface area contributed by atoms with Crippen molar-refractivity contribution < 1.29 is 53.8 Å². The average molecular weight is 343 g/mol. The number of hydrogen-bond acceptors (Lipinski definition) is 0. The molecule has 0 aromatic carbocycles. The zero-order valence-electron chi connectivity index (χ0n) is 4.18. The van der Waals surface area contributed by atoms with Crippen LogP contribution in [0.1, 0.15) is 0 Å². The van der Waals surface area contributed by atoms with Crippen molar-refractivity contribution in [3.63, 3.8) is 0 Å². The summed E-state index contributed by atoms with van der Waals surface area (Å²) in [4.78, 5) is 0. The minimum Gasteiger partial charge on any atom is -0.693 e. The summed E-state index contributed by atoms with van der Waals surface area (Å²) in [6, 6.07) is 0. The number of hydrogen-bond donors (Lipinski definition) is 0. The SMILES string of the molecule is C=C([CH2-])[CH2-].[NH2-].[W+2].[Y]. The van der Waals surface area contributed by atoms with Gasteiger partial charge in [0.05, 0.1) is 0 Å². The minimum atomic E-state index is 0. The fraction of sp³-hybridized carbons (Fsp3) is 0. The predicted octanol–water partition coefficient (Wildman–Crippen LogP) is 1.92. The van der Waals surface area contributed by atoms with Gasteiger partial charge < -0.3 is 32.2 Å². The van der Waals surface area contributed by atoms with Crippen LogP contribution in [-0.2, 0) is 53.8 Å². The van der Waals surface area contributed by atoms with Gasteiger partial charge in [-0.25, -0.2) is 0 Å². The third-order valence-electron chi connectivity index (χ3n) is 0. The Labute approximate surface area is 85.1 Å². The molecule has 0 aliphatic rings. The standard InChI is InChI=1S/C4H6.H2N.W.Y/c1-4(2)3;;;/h1-3H2;1H2;;/q-2;-1;+2;. The van der Waals surface area contributed by atoms with Gasteiger partial charge in [0.25, 0.3) is 0 Å². The number of allylic oxidation sites excluding steroid dienone is 1. The second-order valence-corrected chi connectivity index (χ2v) is 0.750. The fourth-order valence-electron chi connectivity index (χ4n) is 0. The third-order valence-corrected chi connectivity index (χ3v) is 0.